The summed E-state index contributed by atoms with van der Waals surface area (Å²) in [4.78, 5) is 19.4. The van der Waals surface area contributed by atoms with E-state index in [0.717, 1.165) is 48.4 Å². The Bertz CT molecular complexity index is 1010. The Morgan fingerprint density at radius 3 is 3.03 bits per heavy atom. The molecule has 3 aromatic rings. The summed E-state index contributed by atoms with van der Waals surface area (Å²) in [7, 11) is 0. The van der Waals surface area contributed by atoms with Gasteiger partial charge in [0.25, 0.3) is 5.91 Å². The number of hydrogen-bond donors (Lipinski definition) is 1. The fraction of sp³-hybridized carbons (Fsp3) is 0.409. The minimum Gasteiger partial charge on any atom is -0.445 e. The number of hydrogen-bond acceptors (Lipinski definition) is 4. The third-order valence-corrected chi connectivity index (χ3v) is 5.80. The number of nitrogens with zero attached hydrogens (tertiary/aromatic N) is 3. The van der Waals surface area contributed by atoms with Crippen molar-refractivity contribution in [2.24, 2.45) is 0 Å². The van der Waals surface area contributed by atoms with Gasteiger partial charge in [0, 0.05) is 35.8 Å². The molecule has 2 aromatic heterocycles. The van der Waals surface area contributed by atoms with Crippen molar-refractivity contribution >= 4 is 17.5 Å². The molecule has 1 atom stereocenters. The van der Waals surface area contributed by atoms with Crippen LogP contribution in [0.1, 0.15) is 64.6 Å². The van der Waals surface area contributed by atoms with Gasteiger partial charge in [-0.2, -0.15) is 5.10 Å². The number of halogens is 1. The predicted molar refractivity (Wildman–Crippen MR) is 111 cm³/mol. The molecule has 0 spiro atoms. The van der Waals surface area contributed by atoms with Gasteiger partial charge in [-0.3, -0.25) is 9.89 Å². The van der Waals surface area contributed by atoms with Crippen LogP contribution in [-0.2, 0) is 12.8 Å². The zero-order valence-corrected chi connectivity index (χ0v) is 17.5. The maximum absolute atomic E-state index is 13.0. The van der Waals surface area contributed by atoms with Gasteiger partial charge in [-0.1, -0.05) is 30.7 Å². The van der Waals surface area contributed by atoms with Gasteiger partial charge < -0.3 is 9.32 Å². The standard InChI is InChI=1S/C22H25ClN4O2/c1-3-19-14(2)20(26-25-19)22(28)27-9-5-7-16(13-27)21-24-12-18(29-21)11-15-6-4-8-17(23)10-15/h4,6,8,10,12,16H,3,5,7,9,11,13H2,1-2H3,(H,25,26)/t16-/m1/s1. The zero-order valence-electron chi connectivity index (χ0n) is 16.7. The smallest absolute Gasteiger partial charge is 0.274 e. The number of carbonyl (C=O) groups excluding carboxylic acids is 1. The predicted octanol–water partition coefficient (Wildman–Crippen LogP) is 4.53. The second-order valence-corrected chi connectivity index (χ2v) is 8.03. The first-order valence-corrected chi connectivity index (χ1v) is 10.4. The van der Waals surface area contributed by atoms with E-state index in [2.05, 4.69) is 22.1 Å². The number of aryl methyl sites for hydroxylation is 1. The molecular weight excluding hydrogens is 388 g/mol. The van der Waals surface area contributed by atoms with Gasteiger partial charge in [0.1, 0.15) is 5.76 Å². The number of piperidine rings is 1. The van der Waals surface area contributed by atoms with Gasteiger partial charge >= 0.3 is 0 Å². The van der Waals surface area contributed by atoms with Crippen molar-refractivity contribution in [1.82, 2.24) is 20.1 Å². The lowest BCUT2D eigenvalue weighted by atomic mass is 9.97. The molecule has 7 heteroatoms. The largest absolute Gasteiger partial charge is 0.445 e. The van der Waals surface area contributed by atoms with Crippen LogP contribution >= 0.6 is 11.6 Å². The van der Waals surface area contributed by atoms with E-state index in [4.69, 9.17) is 16.0 Å². The van der Waals surface area contributed by atoms with E-state index in [1.54, 1.807) is 6.20 Å². The van der Waals surface area contributed by atoms with Crippen LogP contribution in [-0.4, -0.2) is 39.1 Å². The summed E-state index contributed by atoms with van der Waals surface area (Å²) in [5.41, 5.74) is 3.57. The number of benzene rings is 1. The highest BCUT2D eigenvalue weighted by Crippen LogP contribution is 2.28. The number of rotatable bonds is 5. The topological polar surface area (TPSA) is 75.0 Å². The van der Waals surface area contributed by atoms with E-state index >= 15 is 0 Å². The molecule has 1 aliphatic rings. The van der Waals surface area contributed by atoms with Crippen LogP contribution in [0.5, 0.6) is 0 Å². The summed E-state index contributed by atoms with van der Waals surface area (Å²) in [6, 6.07) is 7.74. The highest BCUT2D eigenvalue weighted by molar-refractivity contribution is 6.30. The Hall–Kier alpha value is -2.60. The van der Waals surface area contributed by atoms with Crippen molar-refractivity contribution in [3.8, 4) is 0 Å². The Balaban J connectivity index is 1.45. The zero-order chi connectivity index (χ0) is 20.4. The van der Waals surface area contributed by atoms with E-state index in [-0.39, 0.29) is 11.8 Å². The van der Waals surface area contributed by atoms with Gasteiger partial charge in [0.05, 0.1) is 12.1 Å². The van der Waals surface area contributed by atoms with Crippen LogP contribution in [0.3, 0.4) is 0 Å². The van der Waals surface area contributed by atoms with Gasteiger partial charge in [0.2, 0.25) is 0 Å². The van der Waals surface area contributed by atoms with Crippen molar-refractivity contribution in [1.29, 1.82) is 0 Å². The average Bonchev–Trinajstić information content (AvgIpc) is 3.34. The summed E-state index contributed by atoms with van der Waals surface area (Å²) in [6.07, 6.45) is 5.14. The Kier molecular flexibility index (Phi) is 5.72. The van der Waals surface area contributed by atoms with Crippen LogP contribution < -0.4 is 0 Å². The molecule has 1 aliphatic heterocycles. The van der Waals surface area contributed by atoms with Gasteiger partial charge in [0.15, 0.2) is 11.6 Å². The van der Waals surface area contributed by atoms with Crippen LogP contribution in [0.4, 0.5) is 0 Å². The van der Waals surface area contributed by atoms with E-state index in [1.807, 2.05) is 36.1 Å². The van der Waals surface area contributed by atoms with E-state index in [9.17, 15) is 4.79 Å². The maximum atomic E-state index is 13.0. The molecule has 6 nitrogen and oxygen atoms in total. The molecule has 0 radical (unpaired) electrons. The number of oxazole rings is 1. The van der Waals surface area contributed by atoms with Gasteiger partial charge in [-0.05, 0) is 43.9 Å². The van der Waals surface area contributed by atoms with Crippen molar-refractivity contribution in [2.75, 3.05) is 13.1 Å². The minimum atomic E-state index is -0.0196. The number of aromatic nitrogens is 3. The Labute approximate surface area is 175 Å². The Morgan fingerprint density at radius 2 is 2.28 bits per heavy atom. The van der Waals surface area contributed by atoms with Crippen LogP contribution in [0.15, 0.2) is 34.9 Å². The molecule has 152 valence electrons. The molecule has 1 N–H and O–H groups in total. The van der Waals surface area contributed by atoms with Crippen LogP contribution in [0.25, 0.3) is 0 Å². The van der Waals surface area contributed by atoms with E-state index < -0.39 is 0 Å². The second kappa shape index (κ2) is 8.41. The lowest BCUT2D eigenvalue weighted by Crippen LogP contribution is -2.39. The van der Waals surface area contributed by atoms with Crippen molar-refractivity contribution < 1.29 is 9.21 Å². The lowest BCUT2D eigenvalue weighted by Gasteiger charge is -2.31. The molecule has 1 amide bonds. The third-order valence-electron chi connectivity index (χ3n) is 5.56. The van der Waals surface area contributed by atoms with Crippen LogP contribution in [0.2, 0.25) is 5.02 Å². The number of nitrogens with one attached hydrogen (secondary N) is 1. The van der Waals surface area contributed by atoms with E-state index in [1.165, 1.54) is 0 Å². The quantitative estimate of drug-likeness (QED) is 0.667. The third kappa shape index (κ3) is 4.22. The lowest BCUT2D eigenvalue weighted by molar-refractivity contribution is 0.0691. The molecule has 1 fully saturated rings. The molecule has 1 saturated heterocycles. The normalized spacial score (nSPS) is 16.9. The van der Waals surface area contributed by atoms with Crippen molar-refractivity contribution in [2.45, 2.75) is 45.4 Å². The van der Waals surface area contributed by atoms with Crippen LogP contribution in [0, 0.1) is 6.92 Å². The van der Waals surface area contributed by atoms with Gasteiger partial charge in [-0.15, -0.1) is 0 Å². The molecule has 0 bridgehead atoms. The average molecular weight is 413 g/mol. The van der Waals surface area contributed by atoms with Crippen molar-refractivity contribution in [3.63, 3.8) is 0 Å². The molecule has 0 aliphatic carbocycles. The highest BCUT2D eigenvalue weighted by atomic mass is 35.5. The summed E-state index contributed by atoms with van der Waals surface area (Å²) in [5, 5.41) is 7.94. The number of aromatic amines is 1. The first kappa shape index (κ1) is 19.7. The molecule has 4 rings (SSSR count). The van der Waals surface area contributed by atoms with Gasteiger partial charge in [-0.25, -0.2) is 4.98 Å². The first-order chi connectivity index (χ1) is 14.0. The molecule has 29 heavy (non-hydrogen) atoms. The molecule has 3 heterocycles. The first-order valence-electron chi connectivity index (χ1n) is 10.1. The van der Waals surface area contributed by atoms with Crippen molar-refractivity contribution in [3.05, 3.63) is 69.7 Å². The summed E-state index contributed by atoms with van der Waals surface area (Å²) in [6.45, 7) is 5.34. The summed E-state index contributed by atoms with van der Waals surface area (Å²) >= 11 is 6.07. The number of likely N-dealkylation sites (tertiary alicyclic amines) is 1. The van der Waals surface area contributed by atoms with E-state index in [0.29, 0.717) is 29.6 Å². The maximum Gasteiger partial charge on any atom is 0.274 e. The number of carbonyl (C=O) groups is 1. The summed E-state index contributed by atoms with van der Waals surface area (Å²) < 4.78 is 6.03. The second-order valence-electron chi connectivity index (χ2n) is 7.59. The number of H-pyrrole nitrogens is 1. The fourth-order valence-corrected chi connectivity index (χ4v) is 4.15. The number of amides is 1. The minimum absolute atomic E-state index is 0.0196. The SMILES string of the molecule is CCc1[nH]nc(C(=O)N2CCC[C@@H](c3ncc(Cc4cccc(Cl)c4)o3)C2)c1C. The fourth-order valence-electron chi connectivity index (χ4n) is 3.94. The summed E-state index contributed by atoms with van der Waals surface area (Å²) in [5.74, 6) is 1.59. The highest BCUT2D eigenvalue weighted by Gasteiger charge is 2.30. The molecular formula is C22H25ClN4O2. The monoisotopic (exact) mass is 412 g/mol. The molecule has 1 aromatic carbocycles. The Morgan fingerprint density at radius 1 is 1.41 bits per heavy atom. The molecule has 0 unspecified atom stereocenters. The molecule has 0 saturated carbocycles.